The zero-order chi connectivity index (χ0) is 26.6. The van der Waals surface area contributed by atoms with Gasteiger partial charge in [-0.1, -0.05) is 72.6 Å². The summed E-state index contributed by atoms with van der Waals surface area (Å²) in [7, 11) is 0. The van der Waals surface area contributed by atoms with Crippen molar-refractivity contribution in [3.05, 3.63) is 100 Å². The molecule has 3 rings (SSSR count). The number of halogens is 2. The second-order valence-electron chi connectivity index (χ2n) is 9.08. The first-order valence-electron chi connectivity index (χ1n) is 12.6. The molecule has 1 N–H and O–H groups in total. The maximum atomic E-state index is 13.7. The molecule has 0 aliphatic heterocycles. The summed E-state index contributed by atoms with van der Waals surface area (Å²) in [5.74, 6) is 0.613. The number of nitrogens with zero attached hydrogens (tertiary/aromatic N) is 1. The highest BCUT2D eigenvalue weighted by Crippen LogP contribution is 2.23. The summed E-state index contributed by atoms with van der Waals surface area (Å²) in [6.07, 6.45) is 2.30. The summed E-state index contributed by atoms with van der Waals surface area (Å²) in [4.78, 5) is 30.0. The smallest absolute Gasteiger partial charge is 0.243 e. The van der Waals surface area contributed by atoms with E-state index in [1.54, 1.807) is 16.7 Å². The number of rotatable bonds is 13. The van der Waals surface area contributed by atoms with Gasteiger partial charge in [-0.3, -0.25) is 9.59 Å². The van der Waals surface area contributed by atoms with E-state index in [-0.39, 0.29) is 17.9 Å². The van der Waals surface area contributed by atoms with Gasteiger partial charge in [-0.05, 0) is 73.0 Å². The summed E-state index contributed by atoms with van der Waals surface area (Å²) in [5, 5.41) is 4.41. The van der Waals surface area contributed by atoms with Crippen LogP contribution in [-0.4, -0.2) is 34.6 Å². The molecule has 0 spiro atoms. The Morgan fingerprint density at radius 2 is 1.62 bits per heavy atom. The van der Waals surface area contributed by atoms with Gasteiger partial charge in [0.25, 0.3) is 0 Å². The molecule has 3 aromatic carbocycles. The van der Waals surface area contributed by atoms with E-state index in [9.17, 15) is 9.59 Å². The molecule has 0 bridgehead atoms. The van der Waals surface area contributed by atoms with Crippen molar-refractivity contribution in [3.63, 3.8) is 0 Å². The molecule has 4 nitrogen and oxygen atoms in total. The predicted octanol–water partition coefficient (Wildman–Crippen LogP) is 7.42. The Labute approximate surface area is 234 Å². The van der Waals surface area contributed by atoms with Crippen molar-refractivity contribution in [2.24, 2.45) is 0 Å². The van der Waals surface area contributed by atoms with Crippen LogP contribution in [0.15, 0.2) is 83.8 Å². The van der Waals surface area contributed by atoms with Crippen LogP contribution in [-0.2, 0) is 22.6 Å². The molecule has 0 saturated heterocycles. The van der Waals surface area contributed by atoms with E-state index >= 15 is 0 Å². The van der Waals surface area contributed by atoms with Crippen molar-refractivity contribution in [1.29, 1.82) is 0 Å². The molecule has 0 aliphatic carbocycles. The van der Waals surface area contributed by atoms with Crippen molar-refractivity contribution in [2.75, 3.05) is 5.75 Å². The quantitative estimate of drug-likeness (QED) is 0.176. The van der Waals surface area contributed by atoms with Crippen LogP contribution in [0.4, 0.5) is 0 Å². The lowest BCUT2D eigenvalue weighted by Gasteiger charge is -2.32. The van der Waals surface area contributed by atoms with E-state index in [4.69, 9.17) is 23.2 Å². The van der Waals surface area contributed by atoms with Crippen LogP contribution in [0.25, 0.3) is 0 Å². The van der Waals surface area contributed by atoms with Crippen molar-refractivity contribution in [1.82, 2.24) is 10.2 Å². The molecule has 3 aromatic rings. The van der Waals surface area contributed by atoms with Crippen LogP contribution >= 0.6 is 35.0 Å². The zero-order valence-corrected chi connectivity index (χ0v) is 23.7. The molecule has 0 unspecified atom stereocenters. The molecule has 0 radical (unpaired) electrons. The summed E-state index contributed by atoms with van der Waals surface area (Å²) in [6.45, 7) is 4.33. The summed E-state index contributed by atoms with van der Waals surface area (Å²) in [6, 6.07) is 24.4. The minimum absolute atomic E-state index is 0.0182. The van der Waals surface area contributed by atoms with Crippen molar-refractivity contribution < 1.29 is 9.59 Å². The fraction of sp³-hybridized carbons (Fsp3) is 0.333. The molecular formula is C30H34Cl2N2O2S. The number of nitrogens with one attached hydrogen (secondary N) is 1. The average molecular weight is 558 g/mol. The number of amides is 2. The Morgan fingerprint density at radius 3 is 2.30 bits per heavy atom. The molecule has 0 saturated carbocycles. The normalized spacial score (nSPS) is 12.5. The molecule has 0 fully saturated rings. The molecule has 2 atom stereocenters. The second kappa shape index (κ2) is 15.1. The number of carbonyl (C=O) groups is 2. The number of hydrogen-bond donors (Lipinski definition) is 1. The molecule has 0 aliphatic rings. The van der Waals surface area contributed by atoms with Gasteiger partial charge < -0.3 is 10.2 Å². The first kappa shape index (κ1) is 29.1. The fourth-order valence-electron chi connectivity index (χ4n) is 3.91. The van der Waals surface area contributed by atoms with Gasteiger partial charge in [-0.25, -0.2) is 0 Å². The van der Waals surface area contributed by atoms with E-state index in [1.807, 2.05) is 92.7 Å². The highest BCUT2D eigenvalue weighted by atomic mass is 35.5. The topological polar surface area (TPSA) is 49.4 Å². The fourth-order valence-corrected chi connectivity index (χ4v) is 5.11. The van der Waals surface area contributed by atoms with Crippen LogP contribution in [0, 0.1) is 0 Å². The van der Waals surface area contributed by atoms with E-state index in [1.165, 1.54) is 0 Å². The SMILES string of the molecule is CC[C@H](C)NC(=O)[C@H](Cc1ccccc1)N(Cc1cccc(Cl)c1)C(=O)CCCSc1ccc(Cl)cc1. The number of benzene rings is 3. The van der Waals surface area contributed by atoms with Crippen LogP contribution in [0.2, 0.25) is 10.0 Å². The van der Waals surface area contributed by atoms with Crippen LogP contribution in [0.3, 0.4) is 0 Å². The molecule has 0 aromatic heterocycles. The van der Waals surface area contributed by atoms with Gasteiger partial charge in [0.2, 0.25) is 11.8 Å². The summed E-state index contributed by atoms with van der Waals surface area (Å²) < 4.78 is 0. The minimum Gasteiger partial charge on any atom is -0.352 e. The van der Waals surface area contributed by atoms with Gasteiger partial charge in [-0.2, -0.15) is 0 Å². The van der Waals surface area contributed by atoms with Gasteiger partial charge in [0.1, 0.15) is 6.04 Å². The molecule has 196 valence electrons. The van der Waals surface area contributed by atoms with Crippen molar-refractivity contribution >= 4 is 46.8 Å². The predicted molar refractivity (Wildman–Crippen MR) is 155 cm³/mol. The zero-order valence-electron chi connectivity index (χ0n) is 21.3. The number of thioether (sulfide) groups is 1. The Balaban J connectivity index is 1.79. The van der Waals surface area contributed by atoms with Gasteiger partial charge in [0.15, 0.2) is 0 Å². The maximum Gasteiger partial charge on any atom is 0.243 e. The van der Waals surface area contributed by atoms with Gasteiger partial charge in [0, 0.05) is 40.4 Å². The minimum atomic E-state index is -0.633. The van der Waals surface area contributed by atoms with Crippen molar-refractivity contribution in [3.8, 4) is 0 Å². The summed E-state index contributed by atoms with van der Waals surface area (Å²) >= 11 is 13.9. The van der Waals surface area contributed by atoms with Gasteiger partial charge in [0.05, 0.1) is 0 Å². The second-order valence-corrected chi connectivity index (χ2v) is 11.1. The molecular weight excluding hydrogens is 523 g/mol. The first-order valence-corrected chi connectivity index (χ1v) is 14.4. The largest absolute Gasteiger partial charge is 0.352 e. The van der Waals surface area contributed by atoms with E-state index in [0.29, 0.717) is 35.9 Å². The van der Waals surface area contributed by atoms with Crippen LogP contribution in [0.5, 0.6) is 0 Å². The van der Waals surface area contributed by atoms with Crippen molar-refractivity contribution in [2.45, 2.75) is 63.1 Å². The van der Waals surface area contributed by atoms with Crippen LogP contribution < -0.4 is 5.32 Å². The lowest BCUT2D eigenvalue weighted by Crippen LogP contribution is -2.52. The lowest BCUT2D eigenvalue weighted by molar-refractivity contribution is -0.141. The molecule has 0 heterocycles. The Hall–Kier alpha value is -2.47. The van der Waals surface area contributed by atoms with Gasteiger partial charge in [-0.15, -0.1) is 11.8 Å². The summed E-state index contributed by atoms with van der Waals surface area (Å²) in [5.41, 5.74) is 1.90. The average Bonchev–Trinajstić information content (AvgIpc) is 2.90. The highest BCUT2D eigenvalue weighted by Gasteiger charge is 2.30. The molecule has 37 heavy (non-hydrogen) atoms. The first-order chi connectivity index (χ1) is 17.9. The maximum absolute atomic E-state index is 13.7. The molecule has 7 heteroatoms. The third kappa shape index (κ3) is 9.73. The standard InChI is InChI=1S/C30H34Cl2N2O2S/c1-3-22(2)33-30(36)28(20-23-9-5-4-6-10-23)34(21-24-11-7-12-26(32)19-24)29(35)13-8-18-37-27-16-14-25(31)15-17-27/h4-7,9-12,14-17,19,22,28H,3,8,13,18,20-21H2,1-2H3,(H,33,36)/t22-,28-/m0/s1. The monoisotopic (exact) mass is 556 g/mol. The third-order valence-corrected chi connectivity index (χ3v) is 7.72. The Morgan fingerprint density at radius 1 is 0.919 bits per heavy atom. The Bertz CT molecular complexity index is 1140. The van der Waals surface area contributed by atoms with E-state index < -0.39 is 6.04 Å². The van der Waals surface area contributed by atoms with Crippen LogP contribution in [0.1, 0.15) is 44.2 Å². The van der Waals surface area contributed by atoms with E-state index in [2.05, 4.69) is 5.32 Å². The highest BCUT2D eigenvalue weighted by molar-refractivity contribution is 7.99. The number of hydrogen-bond acceptors (Lipinski definition) is 3. The number of carbonyl (C=O) groups excluding carboxylic acids is 2. The lowest BCUT2D eigenvalue weighted by atomic mass is 10.0. The van der Waals surface area contributed by atoms with E-state index in [0.717, 1.165) is 28.2 Å². The Kier molecular flexibility index (Phi) is 11.8. The molecule has 2 amide bonds. The van der Waals surface area contributed by atoms with Gasteiger partial charge >= 0.3 is 0 Å². The third-order valence-electron chi connectivity index (χ3n) is 6.13.